The predicted molar refractivity (Wildman–Crippen MR) is 92.7 cm³/mol. The monoisotopic (exact) mass is 357 g/mol. The minimum absolute atomic E-state index is 0.335. The number of benzene rings is 2. The van der Waals surface area contributed by atoms with Crippen LogP contribution in [-0.2, 0) is 6.42 Å². The zero-order chi connectivity index (χ0) is 15.3. The van der Waals surface area contributed by atoms with Crippen LogP contribution in [0.3, 0.4) is 0 Å². The van der Waals surface area contributed by atoms with E-state index in [0.717, 1.165) is 24.0 Å². The van der Waals surface area contributed by atoms with Crippen LogP contribution in [0.2, 0.25) is 0 Å². The average Bonchev–Trinajstić information content (AvgIpc) is 2.88. The molecule has 114 valence electrons. The maximum absolute atomic E-state index is 10.4. The van der Waals surface area contributed by atoms with Crippen molar-refractivity contribution in [3.63, 3.8) is 0 Å². The molecule has 1 aliphatic carbocycles. The summed E-state index contributed by atoms with van der Waals surface area (Å²) in [6.07, 6.45) is 2.26. The number of halogens is 1. The first-order valence-electron chi connectivity index (χ1n) is 7.92. The van der Waals surface area contributed by atoms with Crippen LogP contribution < -0.4 is 0 Å². The maximum Gasteiger partial charge on any atom is 0.130 e. The second-order valence-corrected chi connectivity index (χ2v) is 7.40. The van der Waals surface area contributed by atoms with Crippen molar-refractivity contribution in [3.8, 4) is 5.75 Å². The van der Waals surface area contributed by atoms with E-state index in [-0.39, 0.29) is 0 Å². The molecule has 2 nitrogen and oxygen atoms in total. The zero-order valence-electron chi connectivity index (χ0n) is 12.7. The van der Waals surface area contributed by atoms with Crippen LogP contribution in [0, 0.1) is 0 Å². The predicted octanol–water partition coefficient (Wildman–Crippen LogP) is 4.26. The summed E-state index contributed by atoms with van der Waals surface area (Å²) in [4.78, 5) is 2.45. The van der Waals surface area contributed by atoms with Crippen molar-refractivity contribution in [1.82, 2.24) is 4.90 Å². The van der Waals surface area contributed by atoms with E-state index in [4.69, 9.17) is 0 Å². The molecule has 1 aliphatic heterocycles. The molecule has 2 aliphatic rings. The topological polar surface area (TPSA) is 23.5 Å². The van der Waals surface area contributed by atoms with Crippen molar-refractivity contribution in [1.29, 1.82) is 0 Å². The normalized spacial score (nSPS) is 24.1. The van der Waals surface area contributed by atoms with Crippen LogP contribution in [0.5, 0.6) is 5.75 Å². The minimum Gasteiger partial charge on any atom is -0.507 e. The summed E-state index contributed by atoms with van der Waals surface area (Å²) in [6, 6.07) is 12.7. The molecular formula is C19H20BrNO. The van der Waals surface area contributed by atoms with Gasteiger partial charge in [0, 0.05) is 19.0 Å². The highest BCUT2D eigenvalue weighted by atomic mass is 79.9. The molecule has 0 saturated carbocycles. The number of nitrogens with zero attached hydrogens (tertiary/aromatic N) is 1. The lowest BCUT2D eigenvalue weighted by atomic mass is 9.85. The Kier molecular flexibility index (Phi) is 3.50. The van der Waals surface area contributed by atoms with Crippen molar-refractivity contribution in [2.75, 3.05) is 20.1 Å². The van der Waals surface area contributed by atoms with Crippen LogP contribution in [0.4, 0.5) is 0 Å². The lowest BCUT2D eigenvalue weighted by Crippen LogP contribution is -2.25. The molecule has 0 amide bonds. The van der Waals surface area contributed by atoms with Crippen LogP contribution in [-0.4, -0.2) is 30.1 Å². The Morgan fingerprint density at radius 1 is 1.18 bits per heavy atom. The Morgan fingerprint density at radius 3 is 2.73 bits per heavy atom. The van der Waals surface area contributed by atoms with Gasteiger partial charge in [0.15, 0.2) is 0 Å². The number of rotatable bonds is 1. The van der Waals surface area contributed by atoms with E-state index in [1.165, 1.54) is 28.7 Å². The molecule has 0 radical (unpaired) electrons. The summed E-state index contributed by atoms with van der Waals surface area (Å²) < 4.78 is 0.908. The Balaban J connectivity index is 1.94. The molecule has 1 N–H and O–H groups in total. The number of phenols is 1. The Labute approximate surface area is 139 Å². The lowest BCUT2D eigenvalue weighted by molar-refractivity contribution is 0.312. The molecule has 3 heteroatoms. The van der Waals surface area contributed by atoms with E-state index < -0.39 is 0 Å². The molecule has 0 spiro atoms. The summed E-state index contributed by atoms with van der Waals surface area (Å²) >= 11 is 3.60. The van der Waals surface area contributed by atoms with Crippen molar-refractivity contribution in [3.05, 3.63) is 63.1 Å². The second-order valence-electron chi connectivity index (χ2n) is 6.61. The first-order valence-corrected chi connectivity index (χ1v) is 8.72. The van der Waals surface area contributed by atoms with Crippen molar-refractivity contribution in [2.45, 2.75) is 24.7 Å². The highest BCUT2D eigenvalue weighted by molar-refractivity contribution is 9.10. The van der Waals surface area contributed by atoms with Gasteiger partial charge in [0.05, 0.1) is 4.47 Å². The largest absolute Gasteiger partial charge is 0.507 e. The van der Waals surface area contributed by atoms with Gasteiger partial charge in [0.2, 0.25) is 0 Å². The lowest BCUT2D eigenvalue weighted by Gasteiger charge is -2.23. The van der Waals surface area contributed by atoms with Gasteiger partial charge in [-0.3, -0.25) is 0 Å². The van der Waals surface area contributed by atoms with Gasteiger partial charge in [-0.2, -0.15) is 0 Å². The fourth-order valence-corrected chi connectivity index (χ4v) is 4.75. The molecule has 4 rings (SSSR count). The highest BCUT2D eigenvalue weighted by Crippen LogP contribution is 2.48. The summed E-state index contributed by atoms with van der Waals surface area (Å²) in [7, 11) is 2.22. The number of hydrogen-bond acceptors (Lipinski definition) is 2. The standard InChI is InChI=1S/C19H20BrNO/c1-21-10-13-7-8-14-18(13)15(9-17(22)19(14)20)16(11-21)12-5-3-2-4-6-12/h2-6,9,13,16,22H,7-8,10-11H2,1H3/t13-,16-/m1/s1. The third kappa shape index (κ3) is 2.19. The van der Waals surface area contributed by atoms with E-state index in [1.54, 1.807) is 0 Å². The molecule has 2 atom stereocenters. The fourth-order valence-electron chi connectivity index (χ4n) is 4.23. The second kappa shape index (κ2) is 5.39. The minimum atomic E-state index is 0.335. The SMILES string of the molecule is CN1C[C@H]2CCc3c(Br)c(O)cc(c32)[C@@H](c2ccccc2)C1. The Hall–Kier alpha value is -1.32. The van der Waals surface area contributed by atoms with Crippen LogP contribution >= 0.6 is 15.9 Å². The summed E-state index contributed by atoms with van der Waals surface area (Å²) in [5.41, 5.74) is 5.48. The number of phenolic OH excluding ortho intramolecular Hbond substituents is 1. The van der Waals surface area contributed by atoms with Gasteiger partial charge in [0.25, 0.3) is 0 Å². The summed E-state index contributed by atoms with van der Waals surface area (Å²) in [5.74, 6) is 1.32. The number of likely N-dealkylation sites (N-methyl/N-ethyl adjacent to an activating group) is 1. The molecule has 0 unspecified atom stereocenters. The van der Waals surface area contributed by atoms with Gasteiger partial charge in [-0.05, 0) is 70.1 Å². The van der Waals surface area contributed by atoms with Crippen molar-refractivity contribution < 1.29 is 5.11 Å². The maximum atomic E-state index is 10.4. The van der Waals surface area contributed by atoms with E-state index in [1.807, 2.05) is 6.07 Å². The quantitative estimate of drug-likeness (QED) is 0.823. The molecule has 0 bridgehead atoms. The van der Waals surface area contributed by atoms with Crippen molar-refractivity contribution in [2.24, 2.45) is 0 Å². The van der Waals surface area contributed by atoms with Crippen LogP contribution in [0.25, 0.3) is 0 Å². The third-order valence-corrected chi connectivity index (χ3v) is 6.06. The zero-order valence-corrected chi connectivity index (χ0v) is 14.3. The average molecular weight is 358 g/mol. The highest BCUT2D eigenvalue weighted by Gasteiger charge is 2.35. The molecule has 1 heterocycles. The van der Waals surface area contributed by atoms with Crippen molar-refractivity contribution >= 4 is 15.9 Å². The third-order valence-electron chi connectivity index (χ3n) is 5.17. The smallest absolute Gasteiger partial charge is 0.130 e. The van der Waals surface area contributed by atoms with Gasteiger partial charge >= 0.3 is 0 Å². The molecular weight excluding hydrogens is 338 g/mol. The van der Waals surface area contributed by atoms with Crippen LogP contribution in [0.1, 0.15) is 40.5 Å². The number of hydrogen-bond donors (Lipinski definition) is 1. The van der Waals surface area contributed by atoms with Gasteiger partial charge in [-0.15, -0.1) is 0 Å². The summed E-state index contributed by atoms with van der Waals surface area (Å²) in [6.45, 7) is 2.12. The number of aromatic hydroxyl groups is 1. The molecule has 22 heavy (non-hydrogen) atoms. The summed E-state index contributed by atoms with van der Waals surface area (Å²) in [5, 5.41) is 10.4. The fraction of sp³-hybridized carbons (Fsp3) is 0.368. The Morgan fingerprint density at radius 2 is 1.95 bits per heavy atom. The Bertz CT molecular complexity index is 713. The van der Waals surface area contributed by atoms with E-state index in [0.29, 0.717) is 17.6 Å². The molecule has 0 saturated heterocycles. The van der Waals surface area contributed by atoms with Gasteiger partial charge < -0.3 is 10.0 Å². The van der Waals surface area contributed by atoms with E-state index in [2.05, 4.69) is 58.2 Å². The first-order chi connectivity index (χ1) is 10.6. The van der Waals surface area contributed by atoms with Gasteiger partial charge in [0.1, 0.15) is 5.75 Å². The van der Waals surface area contributed by atoms with Gasteiger partial charge in [-0.1, -0.05) is 30.3 Å². The first kappa shape index (κ1) is 14.3. The molecule has 2 aromatic rings. The van der Waals surface area contributed by atoms with Gasteiger partial charge in [-0.25, -0.2) is 0 Å². The van der Waals surface area contributed by atoms with Crippen LogP contribution in [0.15, 0.2) is 40.9 Å². The molecule has 0 aromatic heterocycles. The molecule has 0 fully saturated rings. The van der Waals surface area contributed by atoms with E-state index in [9.17, 15) is 5.11 Å². The molecule has 2 aromatic carbocycles. The van der Waals surface area contributed by atoms with E-state index >= 15 is 0 Å².